The Labute approximate surface area is 115 Å². The largest absolute Gasteiger partial charge is 0.490 e. The molecule has 0 aliphatic rings. The molecule has 0 fully saturated rings. The van der Waals surface area contributed by atoms with Crippen molar-refractivity contribution < 1.29 is 9.66 Å². The van der Waals surface area contributed by atoms with Gasteiger partial charge in [-0.1, -0.05) is 13.8 Å². The number of halogens is 1. The maximum atomic E-state index is 10.7. The van der Waals surface area contributed by atoms with Gasteiger partial charge in [0.15, 0.2) is 0 Å². The molecule has 0 amide bonds. The number of hydrogen-bond acceptors (Lipinski definition) is 4. The molecule has 0 aromatic heterocycles. The first-order valence-corrected chi connectivity index (χ1v) is 6.57. The molecule has 18 heavy (non-hydrogen) atoms. The average molecular weight is 317 g/mol. The van der Waals surface area contributed by atoms with Crippen LogP contribution in [0.3, 0.4) is 0 Å². The zero-order valence-corrected chi connectivity index (χ0v) is 12.1. The highest BCUT2D eigenvalue weighted by molar-refractivity contribution is 9.10. The van der Waals surface area contributed by atoms with Gasteiger partial charge >= 0.3 is 0 Å². The summed E-state index contributed by atoms with van der Waals surface area (Å²) in [4.78, 5) is 10.2. The fourth-order valence-corrected chi connectivity index (χ4v) is 1.75. The van der Waals surface area contributed by atoms with Crippen molar-refractivity contribution in [2.75, 3.05) is 6.61 Å². The van der Waals surface area contributed by atoms with Crippen LogP contribution < -0.4 is 10.5 Å². The summed E-state index contributed by atoms with van der Waals surface area (Å²) in [7, 11) is 0. The molecule has 0 atom stereocenters. The maximum Gasteiger partial charge on any atom is 0.273 e. The van der Waals surface area contributed by atoms with Crippen LogP contribution >= 0.6 is 15.9 Å². The smallest absolute Gasteiger partial charge is 0.273 e. The third kappa shape index (κ3) is 3.68. The minimum absolute atomic E-state index is 0.00354. The first-order chi connectivity index (χ1) is 8.41. The standard InChI is InChI=1S/C12H17BrN2O3/c1-3-12(14,4-2)8-18-11-7-9(15(16)17)5-6-10(11)13/h5-7H,3-4,8,14H2,1-2H3. The number of rotatable bonds is 6. The number of nitro groups is 1. The van der Waals surface area contributed by atoms with Crippen LogP contribution in [0.5, 0.6) is 5.75 Å². The van der Waals surface area contributed by atoms with Crippen LogP contribution in [0.1, 0.15) is 26.7 Å². The summed E-state index contributed by atoms with van der Waals surface area (Å²) < 4.78 is 6.28. The van der Waals surface area contributed by atoms with E-state index in [-0.39, 0.29) is 5.69 Å². The van der Waals surface area contributed by atoms with E-state index < -0.39 is 10.5 Å². The molecule has 0 saturated carbocycles. The van der Waals surface area contributed by atoms with E-state index >= 15 is 0 Å². The summed E-state index contributed by atoms with van der Waals surface area (Å²) in [5.74, 6) is 0.445. The third-order valence-corrected chi connectivity index (χ3v) is 3.70. The molecule has 1 rings (SSSR count). The van der Waals surface area contributed by atoms with Crippen molar-refractivity contribution in [1.82, 2.24) is 0 Å². The maximum absolute atomic E-state index is 10.7. The van der Waals surface area contributed by atoms with Gasteiger partial charge in [0.2, 0.25) is 0 Å². The van der Waals surface area contributed by atoms with Crippen molar-refractivity contribution in [3.8, 4) is 5.75 Å². The Morgan fingerprint density at radius 1 is 1.44 bits per heavy atom. The van der Waals surface area contributed by atoms with Crippen LogP contribution in [0.2, 0.25) is 0 Å². The molecule has 0 unspecified atom stereocenters. The summed E-state index contributed by atoms with van der Waals surface area (Å²) >= 11 is 3.30. The SMILES string of the molecule is CCC(N)(CC)COc1cc([N+](=O)[O-])ccc1Br. The van der Waals surface area contributed by atoms with Crippen LogP contribution in [-0.4, -0.2) is 17.1 Å². The Morgan fingerprint density at radius 3 is 2.56 bits per heavy atom. The Balaban J connectivity index is 2.84. The van der Waals surface area contributed by atoms with Gasteiger partial charge in [0.25, 0.3) is 5.69 Å². The highest BCUT2D eigenvalue weighted by Gasteiger charge is 2.22. The lowest BCUT2D eigenvalue weighted by Gasteiger charge is -2.26. The van der Waals surface area contributed by atoms with E-state index in [9.17, 15) is 10.1 Å². The molecule has 100 valence electrons. The summed E-state index contributed by atoms with van der Waals surface area (Å²) in [6.07, 6.45) is 1.58. The highest BCUT2D eigenvalue weighted by Crippen LogP contribution is 2.30. The fourth-order valence-electron chi connectivity index (χ4n) is 1.39. The van der Waals surface area contributed by atoms with Crippen molar-refractivity contribution >= 4 is 21.6 Å². The summed E-state index contributed by atoms with van der Waals surface area (Å²) in [6, 6.07) is 4.42. The molecule has 2 N–H and O–H groups in total. The van der Waals surface area contributed by atoms with E-state index in [1.165, 1.54) is 12.1 Å². The molecular formula is C12H17BrN2O3. The molecular weight excluding hydrogens is 300 g/mol. The van der Waals surface area contributed by atoms with Crippen molar-refractivity contribution in [2.24, 2.45) is 5.73 Å². The van der Waals surface area contributed by atoms with E-state index in [4.69, 9.17) is 10.5 Å². The van der Waals surface area contributed by atoms with Gasteiger partial charge in [-0.25, -0.2) is 0 Å². The molecule has 0 saturated heterocycles. The van der Waals surface area contributed by atoms with Crippen LogP contribution in [0.15, 0.2) is 22.7 Å². The number of hydrogen-bond donors (Lipinski definition) is 1. The zero-order chi connectivity index (χ0) is 13.8. The second-order valence-electron chi connectivity index (χ2n) is 4.23. The molecule has 0 radical (unpaired) electrons. The van der Waals surface area contributed by atoms with Crippen molar-refractivity contribution in [3.63, 3.8) is 0 Å². The minimum atomic E-state index is -0.450. The van der Waals surface area contributed by atoms with Crippen molar-refractivity contribution in [1.29, 1.82) is 0 Å². The first kappa shape index (κ1) is 14.9. The molecule has 0 aliphatic carbocycles. The second-order valence-corrected chi connectivity index (χ2v) is 5.08. The fraction of sp³-hybridized carbons (Fsp3) is 0.500. The van der Waals surface area contributed by atoms with Crippen LogP contribution in [0.25, 0.3) is 0 Å². The van der Waals surface area contributed by atoms with Gasteiger partial charge in [0, 0.05) is 11.6 Å². The Morgan fingerprint density at radius 2 is 2.06 bits per heavy atom. The van der Waals surface area contributed by atoms with E-state index in [0.717, 1.165) is 12.8 Å². The van der Waals surface area contributed by atoms with Gasteiger partial charge in [-0.15, -0.1) is 0 Å². The number of benzene rings is 1. The number of non-ortho nitro benzene ring substituents is 1. The molecule has 1 aromatic rings. The molecule has 0 spiro atoms. The number of nitrogens with zero attached hydrogens (tertiary/aromatic N) is 1. The molecule has 5 nitrogen and oxygen atoms in total. The molecule has 0 aliphatic heterocycles. The Bertz CT molecular complexity index is 433. The molecule has 0 heterocycles. The molecule has 1 aromatic carbocycles. The normalized spacial score (nSPS) is 11.3. The van der Waals surface area contributed by atoms with Crippen molar-refractivity contribution in [3.05, 3.63) is 32.8 Å². The van der Waals surface area contributed by atoms with E-state index in [2.05, 4.69) is 15.9 Å². The van der Waals surface area contributed by atoms with Gasteiger partial charge < -0.3 is 10.5 Å². The Hall–Kier alpha value is -1.14. The van der Waals surface area contributed by atoms with Gasteiger partial charge in [-0.2, -0.15) is 0 Å². The lowest BCUT2D eigenvalue weighted by molar-refractivity contribution is -0.385. The summed E-state index contributed by atoms with van der Waals surface area (Å²) in [5, 5.41) is 10.7. The van der Waals surface area contributed by atoms with Crippen LogP contribution in [-0.2, 0) is 0 Å². The van der Waals surface area contributed by atoms with Gasteiger partial charge in [-0.3, -0.25) is 10.1 Å². The number of nitrogens with two attached hydrogens (primary N) is 1. The van der Waals surface area contributed by atoms with E-state index in [0.29, 0.717) is 16.8 Å². The molecule has 0 bridgehead atoms. The van der Waals surface area contributed by atoms with Crippen LogP contribution in [0.4, 0.5) is 5.69 Å². The van der Waals surface area contributed by atoms with Crippen LogP contribution in [0, 0.1) is 10.1 Å². The van der Waals surface area contributed by atoms with E-state index in [1.807, 2.05) is 13.8 Å². The average Bonchev–Trinajstić information content (AvgIpc) is 2.37. The first-order valence-electron chi connectivity index (χ1n) is 5.77. The summed E-state index contributed by atoms with van der Waals surface area (Å²) in [6.45, 7) is 4.32. The van der Waals surface area contributed by atoms with Crippen molar-refractivity contribution in [2.45, 2.75) is 32.2 Å². The van der Waals surface area contributed by atoms with E-state index in [1.54, 1.807) is 6.07 Å². The highest BCUT2D eigenvalue weighted by atomic mass is 79.9. The predicted molar refractivity (Wildman–Crippen MR) is 73.8 cm³/mol. The number of ether oxygens (including phenoxy) is 1. The van der Waals surface area contributed by atoms with Gasteiger partial charge in [0.05, 0.1) is 15.5 Å². The monoisotopic (exact) mass is 316 g/mol. The summed E-state index contributed by atoms with van der Waals surface area (Å²) in [5.41, 5.74) is 5.72. The predicted octanol–water partition coefficient (Wildman–Crippen LogP) is 3.25. The van der Waals surface area contributed by atoms with Gasteiger partial charge in [0.1, 0.15) is 12.4 Å². The molecule has 6 heteroatoms. The minimum Gasteiger partial charge on any atom is -0.490 e. The lowest BCUT2D eigenvalue weighted by Crippen LogP contribution is -2.44. The second kappa shape index (κ2) is 6.15. The zero-order valence-electron chi connectivity index (χ0n) is 10.5. The quantitative estimate of drug-likeness (QED) is 0.645. The number of nitro benzene ring substituents is 1. The Kier molecular flexibility index (Phi) is 5.10. The third-order valence-electron chi connectivity index (χ3n) is 3.05. The lowest BCUT2D eigenvalue weighted by atomic mass is 9.96. The topological polar surface area (TPSA) is 78.4 Å². The van der Waals surface area contributed by atoms with Gasteiger partial charge in [-0.05, 0) is 34.8 Å².